The maximum absolute atomic E-state index is 11.4. The number of ether oxygens (including phenoxy) is 1. The molecule has 1 fully saturated rings. The molecule has 4 heteroatoms. The second-order valence-electron chi connectivity index (χ2n) is 2.93. The van der Waals surface area contributed by atoms with Crippen molar-refractivity contribution in [1.29, 1.82) is 0 Å². The minimum Gasteiger partial charge on any atom is -0.380 e. The molecular formula is C8H16N2O2. The van der Waals surface area contributed by atoms with Gasteiger partial charge in [-0.2, -0.15) is 0 Å². The standard InChI is InChI=1S/C8H16N2O2/c1-3-12-6-7-8(11)10(2)5-4-9-7/h7,9H,3-6H2,1-2H3. The van der Waals surface area contributed by atoms with E-state index in [1.165, 1.54) is 0 Å². The van der Waals surface area contributed by atoms with Gasteiger partial charge in [-0.15, -0.1) is 0 Å². The fourth-order valence-electron chi connectivity index (χ4n) is 1.24. The highest BCUT2D eigenvalue weighted by Crippen LogP contribution is 1.98. The summed E-state index contributed by atoms with van der Waals surface area (Å²) in [5.41, 5.74) is 0. The molecule has 0 saturated carbocycles. The molecule has 0 aromatic rings. The van der Waals surface area contributed by atoms with Crippen LogP contribution in [-0.2, 0) is 9.53 Å². The minimum absolute atomic E-state index is 0.134. The Balaban J connectivity index is 2.36. The molecule has 1 aliphatic heterocycles. The second-order valence-corrected chi connectivity index (χ2v) is 2.93. The van der Waals surface area contributed by atoms with E-state index in [1.807, 2.05) is 14.0 Å². The van der Waals surface area contributed by atoms with Gasteiger partial charge in [0.2, 0.25) is 5.91 Å². The minimum atomic E-state index is -0.135. The first kappa shape index (κ1) is 9.48. The summed E-state index contributed by atoms with van der Waals surface area (Å²) < 4.78 is 5.18. The van der Waals surface area contributed by atoms with E-state index in [9.17, 15) is 4.79 Å². The first-order valence-electron chi connectivity index (χ1n) is 4.31. The molecule has 12 heavy (non-hydrogen) atoms. The summed E-state index contributed by atoms with van der Waals surface area (Å²) in [5, 5.41) is 3.12. The number of hydrogen-bond donors (Lipinski definition) is 1. The molecule has 0 radical (unpaired) electrons. The summed E-state index contributed by atoms with van der Waals surface area (Å²) >= 11 is 0. The summed E-state index contributed by atoms with van der Waals surface area (Å²) in [4.78, 5) is 13.2. The van der Waals surface area contributed by atoms with E-state index in [2.05, 4.69) is 5.32 Å². The predicted octanol–water partition coefficient (Wildman–Crippen LogP) is -0.547. The van der Waals surface area contributed by atoms with Crippen molar-refractivity contribution < 1.29 is 9.53 Å². The van der Waals surface area contributed by atoms with Gasteiger partial charge in [0, 0.05) is 26.7 Å². The van der Waals surface area contributed by atoms with Gasteiger partial charge in [-0.1, -0.05) is 0 Å². The summed E-state index contributed by atoms with van der Waals surface area (Å²) in [5.74, 6) is 0.134. The first-order valence-corrected chi connectivity index (χ1v) is 4.31. The molecule has 0 aromatic carbocycles. The van der Waals surface area contributed by atoms with Crippen LogP contribution in [0.15, 0.2) is 0 Å². The van der Waals surface area contributed by atoms with Crippen LogP contribution in [-0.4, -0.2) is 50.2 Å². The molecule has 70 valence electrons. The normalized spacial score (nSPS) is 24.7. The largest absolute Gasteiger partial charge is 0.380 e. The Morgan fingerprint density at radius 2 is 2.50 bits per heavy atom. The molecule has 1 atom stereocenters. The van der Waals surface area contributed by atoms with E-state index in [4.69, 9.17) is 4.74 Å². The van der Waals surface area contributed by atoms with Gasteiger partial charge in [0.15, 0.2) is 0 Å². The van der Waals surface area contributed by atoms with E-state index >= 15 is 0 Å². The summed E-state index contributed by atoms with van der Waals surface area (Å²) in [6.45, 7) is 4.73. The fourth-order valence-corrected chi connectivity index (χ4v) is 1.24. The molecule has 4 nitrogen and oxygen atoms in total. The third-order valence-electron chi connectivity index (χ3n) is 2.00. The molecule has 0 aliphatic carbocycles. The maximum atomic E-state index is 11.4. The lowest BCUT2D eigenvalue weighted by Gasteiger charge is -2.29. The Kier molecular flexibility index (Phi) is 3.49. The van der Waals surface area contributed by atoms with Crippen LogP contribution >= 0.6 is 0 Å². The van der Waals surface area contributed by atoms with Crippen molar-refractivity contribution in [3.05, 3.63) is 0 Å². The van der Waals surface area contributed by atoms with Crippen molar-refractivity contribution in [2.75, 3.05) is 33.4 Å². The van der Waals surface area contributed by atoms with E-state index in [-0.39, 0.29) is 11.9 Å². The zero-order valence-electron chi connectivity index (χ0n) is 7.67. The van der Waals surface area contributed by atoms with Gasteiger partial charge in [0.05, 0.1) is 6.61 Å². The first-order chi connectivity index (χ1) is 5.75. The Morgan fingerprint density at radius 3 is 3.17 bits per heavy atom. The number of carbonyl (C=O) groups excluding carboxylic acids is 1. The van der Waals surface area contributed by atoms with Gasteiger partial charge in [-0.3, -0.25) is 4.79 Å². The molecule has 1 saturated heterocycles. The van der Waals surface area contributed by atoms with Gasteiger partial charge < -0.3 is 15.0 Å². The third kappa shape index (κ3) is 2.19. The van der Waals surface area contributed by atoms with E-state index in [1.54, 1.807) is 4.90 Å². The van der Waals surface area contributed by atoms with Crippen LogP contribution in [0.2, 0.25) is 0 Å². The summed E-state index contributed by atoms with van der Waals surface area (Å²) in [7, 11) is 1.82. The SMILES string of the molecule is CCOCC1NCCN(C)C1=O. The summed E-state index contributed by atoms with van der Waals surface area (Å²) in [6, 6.07) is -0.135. The topological polar surface area (TPSA) is 41.6 Å². The number of amides is 1. The zero-order valence-corrected chi connectivity index (χ0v) is 7.67. The van der Waals surface area contributed by atoms with Gasteiger partial charge in [-0.25, -0.2) is 0 Å². The van der Waals surface area contributed by atoms with E-state index in [0.29, 0.717) is 13.2 Å². The highest BCUT2D eigenvalue weighted by molar-refractivity contribution is 5.82. The van der Waals surface area contributed by atoms with Gasteiger partial charge >= 0.3 is 0 Å². The van der Waals surface area contributed by atoms with Crippen LogP contribution in [0.25, 0.3) is 0 Å². The molecule has 0 spiro atoms. The van der Waals surface area contributed by atoms with Crippen molar-refractivity contribution >= 4 is 5.91 Å². The molecule has 0 aromatic heterocycles. The second kappa shape index (κ2) is 4.42. The molecule has 1 heterocycles. The molecule has 1 aliphatic rings. The van der Waals surface area contributed by atoms with Gasteiger partial charge in [-0.05, 0) is 6.92 Å². The van der Waals surface area contributed by atoms with Crippen molar-refractivity contribution in [2.24, 2.45) is 0 Å². The lowest BCUT2D eigenvalue weighted by molar-refractivity contribution is -0.135. The molecule has 1 amide bonds. The van der Waals surface area contributed by atoms with Crippen LogP contribution in [0, 0.1) is 0 Å². The van der Waals surface area contributed by atoms with Crippen molar-refractivity contribution in [3.8, 4) is 0 Å². The molecule has 0 bridgehead atoms. The molecule has 1 N–H and O–H groups in total. The monoisotopic (exact) mass is 172 g/mol. The van der Waals surface area contributed by atoms with Crippen LogP contribution in [0.1, 0.15) is 6.92 Å². The number of likely N-dealkylation sites (N-methyl/N-ethyl adjacent to an activating group) is 1. The highest BCUT2D eigenvalue weighted by Gasteiger charge is 2.25. The van der Waals surface area contributed by atoms with Crippen LogP contribution < -0.4 is 5.32 Å². The number of nitrogens with one attached hydrogen (secondary N) is 1. The third-order valence-corrected chi connectivity index (χ3v) is 2.00. The molecular weight excluding hydrogens is 156 g/mol. The summed E-state index contributed by atoms with van der Waals surface area (Å²) in [6.07, 6.45) is 0. The van der Waals surface area contributed by atoms with Crippen LogP contribution in [0.5, 0.6) is 0 Å². The van der Waals surface area contributed by atoms with Gasteiger partial charge in [0.1, 0.15) is 6.04 Å². The molecule has 1 rings (SSSR count). The fraction of sp³-hybridized carbons (Fsp3) is 0.875. The smallest absolute Gasteiger partial charge is 0.241 e. The number of nitrogens with zero attached hydrogens (tertiary/aromatic N) is 1. The average molecular weight is 172 g/mol. The lowest BCUT2D eigenvalue weighted by Crippen LogP contribution is -2.55. The lowest BCUT2D eigenvalue weighted by atomic mass is 10.2. The average Bonchev–Trinajstić information content (AvgIpc) is 2.08. The van der Waals surface area contributed by atoms with Crippen molar-refractivity contribution in [1.82, 2.24) is 10.2 Å². The number of carbonyl (C=O) groups is 1. The van der Waals surface area contributed by atoms with E-state index in [0.717, 1.165) is 13.1 Å². The zero-order chi connectivity index (χ0) is 8.97. The highest BCUT2D eigenvalue weighted by atomic mass is 16.5. The van der Waals surface area contributed by atoms with Crippen LogP contribution in [0.4, 0.5) is 0 Å². The van der Waals surface area contributed by atoms with Crippen molar-refractivity contribution in [2.45, 2.75) is 13.0 Å². The number of piperazine rings is 1. The Bertz CT molecular complexity index is 161. The Morgan fingerprint density at radius 1 is 1.75 bits per heavy atom. The van der Waals surface area contributed by atoms with Crippen LogP contribution in [0.3, 0.4) is 0 Å². The quantitative estimate of drug-likeness (QED) is 0.621. The number of hydrogen-bond acceptors (Lipinski definition) is 3. The molecule has 1 unspecified atom stereocenters. The maximum Gasteiger partial charge on any atom is 0.241 e. The van der Waals surface area contributed by atoms with E-state index < -0.39 is 0 Å². The Labute approximate surface area is 72.9 Å². The van der Waals surface area contributed by atoms with Gasteiger partial charge in [0.25, 0.3) is 0 Å². The Hall–Kier alpha value is -0.610. The van der Waals surface area contributed by atoms with Crippen molar-refractivity contribution in [3.63, 3.8) is 0 Å². The number of rotatable bonds is 3. The predicted molar refractivity (Wildman–Crippen MR) is 45.9 cm³/mol.